The van der Waals surface area contributed by atoms with E-state index in [2.05, 4.69) is 20.5 Å². The number of ether oxygens (including phenoxy) is 1. The Hall–Kier alpha value is -2.12. The summed E-state index contributed by atoms with van der Waals surface area (Å²) in [6.45, 7) is 6.69. The summed E-state index contributed by atoms with van der Waals surface area (Å²) >= 11 is 1.54. The summed E-state index contributed by atoms with van der Waals surface area (Å²) in [5.74, 6) is 0.558. The number of hydrogen-bond acceptors (Lipinski definition) is 6. The van der Waals surface area contributed by atoms with Gasteiger partial charge in [0.2, 0.25) is 0 Å². The van der Waals surface area contributed by atoms with Crippen LogP contribution in [0.3, 0.4) is 0 Å². The number of hydrogen-bond donors (Lipinski definition) is 2. The lowest BCUT2D eigenvalue weighted by atomic mass is 9.73. The van der Waals surface area contributed by atoms with Gasteiger partial charge in [-0.3, -0.25) is 5.32 Å². The Morgan fingerprint density at radius 3 is 2.59 bits per heavy atom. The number of carbonyl (C=O) groups excluding carboxylic acids is 1. The third kappa shape index (κ3) is 4.09. The predicted molar refractivity (Wildman–Crippen MR) is 109 cm³/mol. The van der Waals surface area contributed by atoms with E-state index in [9.17, 15) is 4.79 Å². The van der Waals surface area contributed by atoms with Crippen LogP contribution in [-0.2, 0) is 4.74 Å². The number of fused-ring (bicyclic) bond motifs is 3. The molecule has 1 aromatic heterocycles. The number of anilines is 2. The van der Waals surface area contributed by atoms with E-state index in [-0.39, 0.29) is 5.41 Å². The van der Waals surface area contributed by atoms with Gasteiger partial charge in [0.05, 0.1) is 11.5 Å². The molecule has 0 saturated carbocycles. The van der Waals surface area contributed by atoms with E-state index >= 15 is 0 Å². The van der Waals surface area contributed by atoms with E-state index in [0.29, 0.717) is 12.4 Å². The number of aromatic nitrogens is 1. The van der Waals surface area contributed by atoms with Crippen molar-refractivity contribution in [1.82, 2.24) is 9.88 Å². The summed E-state index contributed by atoms with van der Waals surface area (Å²) in [4.78, 5) is 20.5. The van der Waals surface area contributed by atoms with Crippen molar-refractivity contribution in [2.45, 2.75) is 26.2 Å². The van der Waals surface area contributed by atoms with Crippen molar-refractivity contribution in [2.75, 3.05) is 43.4 Å². The zero-order valence-corrected chi connectivity index (χ0v) is 16.5. The first-order valence-corrected chi connectivity index (χ1v) is 10.5. The van der Waals surface area contributed by atoms with Crippen molar-refractivity contribution in [3.05, 3.63) is 30.3 Å². The molecule has 7 heteroatoms. The number of thiazole rings is 1. The Kier molecular flexibility index (Phi) is 5.31. The van der Waals surface area contributed by atoms with E-state index in [1.165, 1.54) is 11.3 Å². The third-order valence-corrected chi connectivity index (χ3v) is 6.66. The van der Waals surface area contributed by atoms with Gasteiger partial charge in [0.25, 0.3) is 0 Å². The smallest absolute Gasteiger partial charge is 0.412 e. The van der Waals surface area contributed by atoms with E-state index in [4.69, 9.17) is 4.74 Å². The van der Waals surface area contributed by atoms with Gasteiger partial charge >= 0.3 is 6.09 Å². The summed E-state index contributed by atoms with van der Waals surface area (Å²) in [5.41, 5.74) is 1.21. The van der Waals surface area contributed by atoms with Gasteiger partial charge in [0.15, 0.2) is 10.9 Å². The van der Waals surface area contributed by atoms with Crippen molar-refractivity contribution in [1.29, 1.82) is 0 Å². The Morgan fingerprint density at radius 2 is 1.93 bits per heavy atom. The van der Waals surface area contributed by atoms with Crippen LogP contribution in [0.1, 0.15) is 26.2 Å². The maximum Gasteiger partial charge on any atom is 0.412 e. The molecule has 0 radical (unpaired) electrons. The number of piperidine rings is 3. The molecular weight excluding hydrogens is 360 g/mol. The molecule has 0 aliphatic carbocycles. The average Bonchev–Trinajstić information content (AvgIpc) is 3.11. The third-order valence-electron chi connectivity index (χ3n) is 5.60. The van der Waals surface area contributed by atoms with Gasteiger partial charge in [-0.1, -0.05) is 41.7 Å². The maximum absolute atomic E-state index is 12.5. The highest BCUT2D eigenvalue weighted by atomic mass is 32.1. The summed E-state index contributed by atoms with van der Waals surface area (Å²) < 4.78 is 5.64. The Labute approximate surface area is 163 Å². The zero-order valence-electron chi connectivity index (χ0n) is 15.7. The van der Waals surface area contributed by atoms with Crippen LogP contribution in [0.25, 0.3) is 10.4 Å². The van der Waals surface area contributed by atoms with Gasteiger partial charge < -0.3 is 15.0 Å². The minimum atomic E-state index is -0.414. The largest absolute Gasteiger partial charge is 0.449 e. The standard InChI is InChI=1S/C20H26N4O2S/c1-2-21-18-22-17(16(27-18)15-6-4-3-5-7-15)23-19(25)26-14-20-8-11-24(12-9-20)13-10-20/h3-7H,2,8-14H2,1H3,(H,21,22)(H,23,25). The van der Waals surface area contributed by atoms with Crippen LogP contribution in [0, 0.1) is 5.41 Å². The number of rotatable bonds is 6. The van der Waals surface area contributed by atoms with Crippen LogP contribution in [0.2, 0.25) is 0 Å². The summed E-state index contributed by atoms with van der Waals surface area (Å²) in [5, 5.41) is 6.89. The van der Waals surface area contributed by atoms with Gasteiger partial charge in [-0.25, -0.2) is 9.78 Å². The first-order chi connectivity index (χ1) is 13.2. The molecule has 0 spiro atoms. The van der Waals surface area contributed by atoms with Crippen molar-refractivity contribution < 1.29 is 9.53 Å². The molecule has 3 aliphatic rings. The molecule has 3 saturated heterocycles. The zero-order chi connectivity index (χ0) is 18.7. The Balaban J connectivity index is 1.44. The normalized spacial score (nSPS) is 23.8. The monoisotopic (exact) mass is 386 g/mol. The van der Waals surface area contributed by atoms with Crippen molar-refractivity contribution in [3.8, 4) is 10.4 Å². The van der Waals surface area contributed by atoms with Gasteiger partial charge in [-0.05, 0) is 51.4 Å². The minimum Gasteiger partial charge on any atom is -0.449 e. The first-order valence-electron chi connectivity index (χ1n) is 9.64. The summed E-state index contributed by atoms with van der Waals surface area (Å²) in [6, 6.07) is 9.99. The number of benzene rings is 1. The molecule has 1 amide bonds. The van der Waals surface area contributed by atoms with Gasteiger partial charge in [-0.15, -0.1) is 0 Å². The molecule has 2 N–H and O–H groups in total. The van der Waals surface area contributed by atoms with Gasteiger partial charge in [0, 0.05) is 12.0 Å². The lowest BCUT2D eigenvalue weighted by Gasteiger charge is -2.47. The van der Waals surface area contributed by atoms with Gasteiger partial charge in [-0.2, -0.15) is 0 Å². The summed E-state index contributed by atoms with van der Waals surface area (Å²) in [6.07, 6.45) is 2.95. The lowest BCUT2D eigenvalue weighted by molar-refractivity contribution is -0.0190. The number of nitrogens with zero attached hydrogens (tertiary/aromatic N) is 2. The predicted octanol–water partition coefficient (Wildman–Crippen LogP) is 4.28. The molecule has 5 rings (SSSR count). The second-order valence-electron chi connectivity index (χ2n) is 7.39. The molecule has 6 nitrogen and oxygen atoms in total. The fourth-order valence-electron chi connectivity index (χ4n) is 3.88. The van der Waals surface area contributed by atoms with Crippen LogP contribution in [0.4, 0.5) is 15.7 Å². The van der Waals surface area contributed by atoms with Crippen LogP contribution in [-0.4, -0.2) is 48.8 Å². The fraction of sp³-hybridized carbons (Fsp3) is 0.500. The van der Waals surface area contributed by atoms with Crippen molar-refractivity contribution in [2.24, 2.45) is 5.41 Å². The molecule has 3 aliphatic heterocycles. The van der Waals surface area contributed by atoms with Crippen molar-refractivity contribution in [3.63, 3.8) is 0 Å². The molecule has 2 bridgehead atoms. The second-order valence-corrected chi connectivity index (χ2v) is 8.38. The van der Waals surface area contributed by atoms with Crippen LogP contribution >= 0.6 is 11.3 Å². The Morgan fingerprint density at radius 1 is 1.22 bits per heavy atom. The van der Waals surface area contributed by atoms with E-state index in [1.807, 2.05) is 37.3 Å². The quantitative estimate of drug-likeness (QED) is 0.776. The highest BCUT2D eigenvalue weighted by molar-refractivity contribution is 7.19. The fourth-order valence-corrected chi connectivity index (χ4v) is 4.88. The van der Waals surface area contributed by atoms with Crippen molar-refractivity contribution >= 4 is 28.4 Å². The molecule has 144 valence electrons. The minimum absolute atomic E-state index is 0.172. The van der Waals surface area contributed by atoms with Crippen LogP contribution < -0.4 is 10.6 Å². The average molecular weight is 387 g/mol. The molecule has 0 atom stereocenters. The molecule has 27 heavy (non-hydrogen) atoms. The van der Waals surface area contributed by atoms with E-state index < -0.39 is 6.09 Å². The van der Waals surface area contributed by atoms with Gasteiger partial charge in [0.1, 0.15) is 0 Å². The number of nitrogens with one attached hydrogen (secondary N) is 2. The maximum atomic E-state index is 12.5. The second kappa shape index (κ2) is 7.86. The Bertz CT molecular complexity index is 771. The molecule has 4 heterocycles. The van der Waals surface area contributed by atoms with E-state index in [1.54, 1.807) is 0 Å². The first kappa shape index (κ1) is 18.3. The molecular formula is C20H26N4O2S. The number of amides is 1. The molecule has 2 aromatic rings. The molecule has 0 unspecified atom stereocenters. The topological polar surface area (TPSA) is 66.5 Å². The summed E-state index contributed by atoms with van der Waals surface area (Å²) in [7, 11) is 0. The van der Waals surface area contributed by atoms with Crippen LogP contribution in [0.5, 0.6) is 0 Å². The lowest BCUT2D eigenvalue weighted by Crippen LogP contribution is -2.50. The van der Waals surface area contributed by atoms with Crippen LogP contribution in [0.15, 0.2) is 30.3 Å². The highest BCUT2D eigenvalue weighted by Crippen LogP contribution is 2.40. The highest BCUT2D eigenvalue weighted by Gasteiger charge is 2.40. The molecule has 3 fully saturated rings. The van der Waals surface area contributed by atoms with E-state index in [0.717, 1.165) is 61.0 Å². The SMILES string of the molecule is CCNc1nc(NC(=O)OCC23CCN(CC2)CC3)c(-c2ccccc2)s1. The molecule has 1 aromatic carbocycles. The number of carbonyl (C=O) groups is 1.